The van der Waals surface area contributed by atoms with Crippen LogP contribution in [0.2, 0.25) is 0 Å². The van der Waals surface area contributed by atoms with Crippen molar-refractivity contribution in [2.75, 3.05) is 37.8 Å². The van der Waals surface area contributed by atoms with E-state index in [4.69, 9.17) is 4.98 Å². The van der Waals surface area contributed by atoms with E-state index in [9.17, 15) is 4.79 Å². The second kappa shape index (κ2) is 10.6. The zero-order valence-corrected chi connectivity index (χ0v) is 20.1. The topological polar surface area (TPSA) is 36.4 Å². The van der Waals surface area contributed by atoms with Gasteiger partial charge in [-0.15, -0.1) is 24.2 Å². The van der Waals surface area contributed by atoms with Crippen molar-refractivity contribution in [2.24, 2.45) is 0 Å². The zero-order valence-electron chi connectivity index (χ0n) is 16.0. The molecule has 1 heterocycles. The van der Waals surface area contributed by atoms with Gasteiger partial charge < -0.3 is 4.90 Å². The quantitative estimate of drug-likeness (QED) is 0.384. The van der Waals surface area contributed by atoms with Crippen LogP contribution >= 0.6 is 51.4 Å². The Labute approximate surface area is 188 Å². The van der Waals surface area contributed by atoms with Gasteiger partial charge in [-0.05, 0) is 62.3 Å². The van der Waals surface area contributed by atoms with Crippen LogP contribution < -0.4 is 4.90 Å². The molecule has 0 aliphatic rings. The summed E-state index contributed by atoms with van der Waals surface area (Å²) in [5.74, 6) is 1.01. The second-order valence-electron chi connectivity index (χ2n) is 6.33. The lowest BCUT2D eigenvalue weighted by Gasteiger charge is -2.22. The molecule has 2 aromatic carbocycles. The van der Waals surface area contributed by atoms with Gasteiger partial charge in [-0.1, -0.05) is 34.2 Å². The number of benzene rings is 2. The van der Waals surface area contributed by atoms with E-state index in [-0.39, 0.29) is 18.3 Å². The Balaban J connectivity index is 0.00000280. The van der Waals surface area contributed by atoms with Gasteiger partial charge in [-0.25, -0.2) is 4.98 Å². The molecule has 1 amide bonds. The smallest absolute Gasteiger partial charge is 0.260 e. The van der Waals surface area contributed by atoms with Crippen LogP contribution in [0.4, 0.5) is 5.13 Å². The van der Waals surface area contributed by atoms with Crippen LogP contribution in [0.25, 0.3) is 10.2 Å². The van der Waals surface area contributed by atoms with E-state index < -0.39 is 0 Å². The van der Waals surface area contributed by atoms with Gasteiger partial charge in [0.2, 0.25) is 0 Å². The maximum Gasteiger partial charge on any atom is 0.260 e. The number of carbonyl (C=O) groups is 1. The SMILES string of the molecule is CCSc1ccc(C(=O)N(CCN(C)C)c2nc3ccc(Br)cc3s2)cc1.Cl. The number of fused-ring (bicyclic) bond motifs is 1. The van der Waals surface area contributed by atoms with E-state index in [2.05, 4.69) is 27.8 Å². The highest BCUT2D eigenvalue weighted by molar-refractivity contribution is 9.10. The Kier molecular flexibility index (Phi) is 8.77. The predicted octanol–water partition coefficient (Wildman–Crippen LogP) is 5.80. The summed E-state index contributed by atoms with van der Waals surface area (Å²) in [6.45, 7) is 3.49. The molecule has 1 aromatic heterocycles. The molecule has 0 aliphatic heterocycles. The molecule has 0 atom stereocenters. The summed E-state index contributed by atoms with van der Waals surface area (Å²) in [5.41, 5.74) is 1.60. The molecule has 0 N–H and O–H groups in total. The summed E-state index contributed by atoms with van der Waals surface area (Å²) in [7, 11) is 4.02. The fourth-order valence-electron chi connectivity index (χ4n) is 2.60. The molecule has 0 aliphatic carbocycles. The lowest BCUT2D eigenvalue weighted by Crippen LogP contribution is -2.36. The lowest BCUT2D eigenvalue weighted by molar-refractivity contribution is 0.0985. The molecule has 28 heavy (non-hydrogen) atoms. The first-order valence-corrected chi connectivity index (χ1v) is 11.3. The molecular formula is C20H23BrClN3OS2. The van der Waals surface area contributed by atoms with Crippen molar-refractivity contribution in [3.05, 3.63) is 52.5 Å². The van der Waals surface area contributed by atoms with Crippen molar-refractivity contribution in [1.82, 2.24) is 9.88 Å². The Morgan fingerprint density at radius 1 is 1.14 bits per heavy atom. The van der Waals surface area contributed by atoms with Gasteiger partial charge in [0.15, 0.2) is 5.13 Å². The first kappa shape index (κ1) is 23.2. The number of amides is 1. The molecule has 4 nitrogen and oxygen atoms in total. The molecule has 0 spiro atoms. The molecule has 0 radical (unpaired) electrons. The molecule has 0 unspecified atom stereocenters. The second-order valence-corrected chi connectivity index (χ2v) is 9.59. The number of hydrogen-bond acceptors (Lipinski definition) is 5. The van der Waals surface area contributed by atoms with E-state index in [1.54, 1.807) is 28.0 Å². The molecule has 0 saturated carbocycles. The summed E-state index contributed by atoms with van der Waals surface area (Å²) in [5, 5.41) is 0.738. The molecule has 8 heteroatoms. The molecule has 0 saturated heterocycles. The van der Waals surface area contributed by atoms with Gasteiger partial charge in [-0.3, -0.25) is 9.69 Å². The minimum absolute atomic E-state index is 0. The fourth-order valence-corrected chi connectivity index (χ4v) is 4.81. The van der Waals surface area contributed by atoms with E-state index in [1.165, 1.54) is 4.90 Å². The average Bonchev–Trinajstić information content (AvgIpc) is 3.05. The zero-order chi connectivity index (χ0) is 19.4. The molecule has 0 bridgehead atoms. The van der Waals surface area contributed by atoms with Crippen LogP contribution in [0, 0.1) is 0 Å². The summed E-state index contributed by atoms with van der Waals surface area (Å²) in [4.78, 5) is 23.0. The highest BCUT2D eigenvalue weighted by Gasteiger charge is 2.21. The fraction of sp³-hybridized carbons (Fsp3) is 0.300. The van der Waals surface area contributed by atoms with E-state index in [1.807, 2.05) is 56.6 Å². The number of halogens is 2. The Morgan fingerprint density at radius 3 is 2.50 bits per heavy atom. The van der Waals surface area contributed by atoms with Crippen molar-refractivity contribution >= 4 is 72.7 Å². The molecule has 3 rings (SSSR count). The summed E-state index contributed by atoms with van der Waals surface area (Å²) >= 11 is 6.82. The standard InChI is InChI=1S/C20H22BrN3OS2.ClH/c1-4-26-16-8-5-14(6-9-16)19(25)24(12-11-23(2)3)20-22-17-10-7-15(21)13-18(17)27-20;/h5-10,13H,4,11-12H2,1-3H3;1H. The van der Waals surface area contributed by atoms with Crippen LogP contribution in [-0.2, 0) is 0 Å². The van der Waals surface area contributed by atoms with Crippen LogP contribution in [0.15, 0.2) is 51.8 Å². The molecule has 0 fully saturated rings. The number of thioether (sulfide) groups is 1. The van der Waals surface area contributed by atoms with Gasteiger partial charge >= 0.3 is 0 Å². The number of anilines is 1. The number of thiazole rings is 1. The highest BCUT2D eigenvalue weighted by atomic mass is 79.9. The van der Waals surface area contributed by atoms with Gasteiger partial charge in [0.1, 0.15) is 0 Å². The summed E-state index contributed by atoms with van der Waals surface area (Å²) in [6, 6.07) is 13.8. The summed E-state index contributed by atoms with van der Waals surface area (Å²) in [6.07, 6.45) is 0. The first-order chi connectivity index (χ1) is 13.0. The Morgan fingerprint density at radius 2 is 1.86 bits per heavy atom. The van der Waals surface area contributed by atoms with Gasteiger partial charge in [0, 0.05) is 28.0 Å². The van der Waals surface area contributed by atoms with Crippen LogP contribution in [0.1, 0.15) is 17.3 Å². The number of rotatable bonds is 7. The van der Waals surface area contributed by atoms with Crippen molar-refractivity contribution in [2.45, 2.75) is 11.8 Å². The van der Waals surface area contributed by atoms with Crippen molar-refractivity contribution in [3.8, 4) is 0 Å². The Hall–Kier alpha value is -1.12. The van der Waals surface area contributed by atoms with Crippen molar-refractivity contribution in [3.63, 3.8) is 0 Å². The van der Waals surface area contributed by atoms with Crippen LogP contribution in [0.5, 0.6) is 0 Å². The number of aromatic nitrogens is 1. The largest absolute Gasteiger partial charge is 0.308 e. The third-order valence-corrected chi connectivity index (χ3v) is 6.43. The number of hydrogen-bond donors (Lipinski definition) is 0. The predicted molar refractivity (Wildman–Crippen MR) is 128 cm³/mol. The highest BCUT2D eigenvalue weighted by Crippen LogP contribution is 2.31. The first-order valence-electron chi connectivity index (χ1n) is 8.73. The number of likely N-dealkylation sites (N-methyl/N-ethyl adjacent to an activating group) is 1. The monoisotopic (exact) mass is 499 g/mol. The third kappa shape index (κ3) is 5.70. The van der Waals surface area contributed by atoms with Gasteiger partial charge in [0.05, 0.1) is 10.2 Å². The van der Waals surface area contributed by atoms with Gasteiger partial charge in [0.25, 0.3) is 5.91 Å². The average molecular weight is 501 g/mol. The molecular weight excluding hydrogens is 478 g/mol. The van der Waals surface area contributed by atoms with Crippen molar-refractivity contribution in [1.29, 1.82) is 0 Å². The van der Waals surface area contributed by atoms with E-state index in [0.717, 1.165) is 32.1 Å². The third-order valence-electron chi connectivity index (χ3n) is 4.00. The van der Waals surface area contributed by atoms with E-state index >= 15 is 0 Å². The normalized spacial score (nSPS) is 10.9. The van der Waals surface area contributed by atoms with E-state index in [0.29, 0.717) is 12.1 Å². The molecule has 3 aromatic rings. The Bertz CT molecular complexity index is 931. The van der Waals surface area contributed by atoms with Gasteiger partial charge in [-0.2, -0.15) is 0 Å². The minimum atomic E-state index is -0.0111. The maximum atomic E-state index is 13.2. The number of carbonyl (C=O) groups excluding carboxylic acids is 1. The van der Waals surface area contributed by atoms with Crippen LogP contribution in [-0.4, -0.2) is 48.7 Å². The van der Waals surface area contributed by atoms with Crippen LogP contribution in [0.3, 0.4) is 0 Å². The summed E-state index contributed by atoms with van der Waals surface area (Å²) < 4.78 is 2.08. The number of nitrogens with zero attached hydrogens (tertiary/aromatic N) is 3. The maximum absolute atomic E-state index is 13.2. The minimum Gasteiger partial charge on any atom is -0.308 e. The van der Waals surface area contributed by atoms with Crippen molar-refractivity contribution < 1.29 is 4.79 Å². The molecule has 150 valence electrons. The lowest BCUT2D eigenvalue weighted by atomic mass is 10.2.